The quantitative estimate of drug-likeness (QED) is 0.761. The van der Waals surface area contributed by atoms with Gasteiger partial charge < -0.3 is 4.90 Å². The highest BCUT2D eigenvalue weighted by molar-refractivity contribution is 7.91. The second-order valence-electron chi connectivity index (χ2n) is 3.82. The molecule has 6 nitrogen and oxygen atoms in total. The molecule has 0 atom stereocenters. The molecule has 0 bridgehead atoms. The van der Waals surface area contributed by atoms with Crippen LogP contribution in [-0.4, -0.2) is 54.0 Å². The summed E-state index contributed by atoms with van der Waals surface area (Å²) in [6, 6.07) is 1.32. The van der Waals surface area contributed by atoms with Gasteiger partial charge in [0, 0.05) is 13.1 Å². The van der Waals surface area contributed by atoms with Crippen LogP contribution in [0.25, 0.3) is 0 Å². The summed E-state index contributed by atoms with van der Waals surface area (Å²) in [6.07, 6.45) is 0. The summed E-state index contributed by atoms with van der Waals surface area (Å²) in [5, 5.41) is 7.07. The summed E-state index contributed by atoms with van der Waals surface area (Å²) in [7, 11) is -3.03. The van der Waals surface area contributed by atoms with Crippen LogP contribution in [0.2, 0.25) is 10.3 Å². The summed E-state index contributed by atoms with van der Waals surface area (Å²) < 4.78 is 22.5. The van der Waals surface area contributed by atoms with Gasteiger partial charge in [0.1, 0.15) is 0 Å². The monoisotopic (exact) mass is 309 g/mol. The minimum Gasteiger partial charge on any atom is -0.337 e. The van der Waals surface area contributed by atoms with E-state index in [1.165, 1.54) is 11.0 Å². The van der Waals surface area contributed by atoms with E-state index >= 15 is 0 Å². The lowest BCUT2D eigenvalue weighted by atomic mass is 10.2. The van der Waals surface area contributed by atoms with Crippen LogP contribution in [0.15, 0.2) is 6.07 Å². The zero-order valence-corrected chi connectivity index (χ0v) is 11.5. The van der Waals surface area contributed by atoms with Gasteiger partial charge >= 0.3 is 0 Å². The van der Waals surface area contributed by atoms with E-state index in [1.54, 1.807) is 0 Å². The van der Waals surface area contributed by atoms with Gasteiger partial charge in [0.2, 0.25) is 0 Å². The molecule has 98 valence electrons. The molecule has 0 radical (unpaired) electrons. The fraction of sp³-hybridized carbons (Fsp3) is 0.444. The van der Waals surface area contributed by atoms with Crippen LogP contribution in [0, 0.1) is 0 Å². The third kappa shape index (κ3) is 2.90. The Morgan fingerprint density at radius 3 is 2.44 bits per heavy atom. The summed E-state index contributed by atoms with van der Waals surface area (Å²) in [5.74, 6) is -0.461. The molecular weight excluding hydrogens is 301 g/mol. The number of halogens is 2. The lowest BCUT2D eigenvalue weighted by Crippen LogP contribution is -2.43. The molecule has 2 heterocycles. The molecule has 1 aliphatic rings. The molecule has 2 rings (SSSR count). The van der Waals surface area contributed by atoms with Crippen molar-refractivity contribution in [1.29, 1.82) is 0 Å². The second kappa shape index (κ2) is 4.99. The van der Waals surface area contributed by atoms with Gasteiger partial charge in [-0.25, -0.2) is 8.42 Å². The molecular formula is C9H9Cl2N3O3S. The number of hydrogen-bond acceptors (Lipinski definition) is 5. The fourth-order valence-electron chi connectivity index (χ4n) is 1.59. The third-order valence-corrected chi connectivity index (χ3v) is 4.65. The van der Waals surface area contributed by atoms with E-state index in [0.29, 0.717) is 0 Å². The summed E-state index contributed by atoms with van der Waals surface area (Å²) in [6.45, 7) is 0.300. The molecule has 1 amide bonds. The lowest BCUT2D eigenvalue weighted by Gasteiger charge is -2.26. The maximum absolute atomic E-state index is 12.1. The van der Waals surface area contributed by atoms with Gasteiger partial charge in [-0.2, -0.15) is 0 Å². The highest BCUT2D eigenvalue weighted by Gasteiger charge is 2.27. The van der Waals surface area contributed by atoms with Gasteiger partial charge in [0.05, 0.1) is 17.1 Å². The van der Waals surface area contributed by atoms with Crippen molar-refractivity contribution in [2.45, 2.75) is 0 Å². The molecule has 0 aromatic carbocycles. The number of rotatable bonds is 1. The van der Waals surface area contributed by atoms with Crippen molar-refractivity contribution in [2.75, 3.05) is 24.6 Å². The van der Waals surface area contributed by atoms with Crippen LogP contribution in [0.5, 0.6) is 0 Å². The topological polar surface area (TPSA) is 80.2 Å². The smallest absolute Gasteiger partial charge is 0.257 e. The highest BCUT2D eigenvalue weighted by Crippen LogP contribution is 2.18. The minimum absolute atomic E-state index is 0.0391. The first-order valence-corrected chi connectivity index (χ1v) is 7.65. The predicted octanol–water partition coefficient (Wildman–Crippen LogP) is 0.654. The SMILES string of the molecule is O=C(c1cc(Cl)nnc1Cl)N1CCS(=O)(=O)CC1. The number of sulfone groups is 1. The molecule has 1 aliphatic heterocycles. The van der Waals surface area contributed by atoms with Crippen molar-refractivity contribution in [3.8, 4) is 0 Å². The van der Waals surface area contributed by atoms with E-state index in [0.717, 1.165) is 0 Å². The van der Waals surface area contributed by atoms with Gasteiger partial charge in [-0.1, -0.05) is 23.2 Å². The first-order valence-electron chi connectivity index (χ1n) is 5.07. The second-order valence-corrected chi connectivity index (χ2v) is 6.86. The standard InChI is InChI=1S/C9H9Cl2N3O3S/c10-7-5-6(8(11)13-12-7)9(15)14-1-3-18(16,17)4-2-14/h5H,1-4H2. The van der Waals surface area contributed by atoms with Crippen molar-refractivity contribution in [3.05, 3.63) is 21.9 Å². The van der Waals surface area contributed by atoms with Crippen molar-refractivity contribution in [1.82, 2.24) is 15.1 Å². The molecule has 0 saturated carbocycles. The highest BCUT2D eigenvalue weighted by atomic mass is 35.5. The number of carbonyl (C=O) groups is 1. The van der Waals surface area contributed by atoms with E-state index in [4.69, 9.17) is 23.2 Å². The van der Waals surface area contributed by atoms with E-state index < -0.39 is 9.84 Å². The van der Waals surface area contributed by atoms with E-state index in [1.807, 2.05) is 0 Å². The zero-order valence-electron chi connectivity index (χ0n) is 9.14. The molecule has 9 heteroatoms. The molecule has 1 saturated heterocycles. The normalized spacial score (nSPS) is 18.7. The van der Waals surface area contributed by atoms with E-state index in [2.05, 4.69) is 10.2 Å². The molecule has 1 aromatic rings. The number of carbonyl (C=O) groups excluding carboxylic acids is 1. The lowest BCUT2D eigenvalue weighted by molar-refractivity contribution is 0.0770. The Hall–Kier alpha value is -0.920. The summed E-state index contributed by atoms with van der Waals surface area (Å²) >= 11 is 11.4. The predicted molar refractivity (Wildman–Crippen MR) is 66.6 cm³/mol. The van der Waals surface area contributed by atoms with Crippen LogP contribution < -0.4 is 0 Å². The van der Waals surface area contributed by atoms with E-state index in [9.17, 15) is 13.2 Å². The molecule has 0 unspecified atom stereocenters. The van der Waals surface area contributed by atoms with Gasteiger partial charge in [-0.3, -0.25) is 4.79 Å². The molecule has 18 heavy (non-hydrogen) atoms. The van der Waals surface area contributed by atoms with Crippen molar-refractivity contribution in [2.24, 2.45) is 0 Å². The summed E-state index contributed by atoms with van der Waals surface area (Å²) in [5.41, 5.74) is 0.135. The van der Waals surface area contributed by atoms with E-state index in [-0.39, 0.29) is 46.4 Å². The Bertz CT molecular complexity index is 577. The molecule has 1 fully saturated rings. The number of nitrogens with zero attached hydrogens (tertiary/aromatic N) is 3. The van der Waals surface area contributed by atoms with Crippen LogP contribution in [0.1, 0.15) is 10.4 Å². The molecule has 1 aromatic heterocycles. The third-order valence-electron chi connectivity index (χ3n) is 2.58. The Morgan fingerprint density at radius 1 is 1.22 bits per heavy atom. The fourth-order valence-corrected chi connectivity index (χ4v) is 3.11. The Balaban J connectivity index is 2.20. The van der Waals surface area contributed by atoms with Crippen molar-refractivity contribution < 1.29 is 13.2 Å². The molecule has 0 N–H and O–H groups in total. The Kier molecular flexibility index (Phi) is 3.74. The van der Waals surface area contributed by atoms with Crippen LogP contribution in [0.3, 0.4) is 0 Å². The average molecular weight is 310 g/mol. The molecule has 0 spiro atoms. The molecule has 0 aliphatic carbocycles. The van der Waals surface area contributed by atoms with Crippen LogP contribution in [0.4, 0.5) is 0 Å². The zero-order chi connectivity index (χ0) is 13.3. The van der Waals surface area contributed by atoms with Crippen LogP contribution >= 0.6 is 23.2 Å². The van der Waals surface area contributed by atoms with Gasteiger partial charge in [0.25, 0.3) is 5.91 Å². The van der Waals surface area contributed by atoms with Crippen LogP contribution in [-0.2, 0) is 9.84 Å². The van der Waals surface area contributed by atoms with Crippen molar-refractivity contribution >= 4 is 38.9 Å². The Morgan fingerprint density at radius 2 is 1.83 bits per heavy atom. The Labute approximate surface area is 114 Å². The average Bonchev–Trinajstić information content (AvgIpc) is 2.31. The number of aromatic nitrogens is 2. The maximum Gasteiger partial charge on any atom is 0.257 e. The van der Waals surface area contributed by atoms with Gasteiger partial charge in [-0.15, -0.1) is 10.2 Å². The largest absolute Gasteiger partial charge is 0.337 e. The first-order chi connectivity index (χ1) is 8.39. The number of hydrogen-bond donors (Lipinski definition) is 0. The minimum atomic E-state index is -3.03. The van der Waals surface area contributed by atoms with Gasteiger partial charge in [0.15, 0.2) is 20.1 Å². The van der Waals surface area contributed by atoms with Crippen molar-refractivity contribution in [3.63, 3.8) is 0 Å². The first kappa shape index (κ1) is 13.5. The van der Waals surface area contributed by atoms with Gasteiger partial charge in [-0.05, 0) is 6.07 Å². The maximum atomic E-state index is 12.1. The summed E-state index contributed by atoms with van der Waals surface area (Å²) in [4.78, 5) is 13.5. The number of amides is 1.